The zero-order valence-electron chi connectivity index (χ0n) is 22.4. The molecule has 3 aromatic carbocycles. The summed E-state index contributed by atoms with van der Waals surface area (Å²) in [4.78, 5) is 28.7. The summed E-state index contributed by atoms with van der Waals surface area (Å²) in [5.74, 6) is -2.48. The predicted molar refractivity (Wildman–Crippen MR) is 147 cm³/mol. The topological polar surface area (TPSA) is 86.8 Å². The van der Waals surface area contributed by atoms with Crippen molar-refractivity contribution in [1.29, 1.82) is 0 Å². The monoisotopic (exact) mass is 557 g/mol. The SMILES string of the molecule is CC(C)(C)NC(=O)C(Cc1ccccc1)N(Cc1ccccc1F)C(=O)CN(c1cccc(F)c1)S(C)(=O)=O. The van der Waals surface area contributed by atoms with Crippen LogP contribution in [0.1, 0.15) is 31.9 Å². The number of carbonyl (C=O) groups excluding carboxylic acids is 2. The van der Waals surface area contributed by atoms with Crippen molar-refractivity contribution in [2.45, 2.75) is 45.3 Å². The lowest BCUT2D eigenvalue weighted by atomic mass is 10.0. The van der Waals surface area contributed by atoms with E-state index in [0.717, 1.165) is 28.3 Å². The lowest BCUT2D eigenvalue weighted by Crippen LogP contribution is -2.56. The third-order valence-corrected chi connectivity index (χ3v) is 6.98. The van der Waals surface area contributed by atoms with Gasteiger partial charge in [0.25, 0.3) is 0 Å². The number of hydrogen-bond donors (Lipinski definition) is 1. The Hall–Kier alpha value is -3.79. The van der Waals surface area contributed by atoms with E-state index in [0.29, 0.717) is 0 Å². The van der Waals surface area contributed by atoms with Gasteiger partial charge in [0.15, 0.2) is 0 Å². The first kappa shape index (κ1) is 29.8. The number of amides is 2. The Morgan fingerprint density at radius 2 is 1.56 bits per heavy atom. The summed E-state index contributed by atoms with van der Waals surface area (Å²) in [5, 5.41) is 2.89. The molecule has 208 valence electrons. The Kier molecular flexibility index (Phi) is 9.45. The summed E-state index contributed by atoms with van der Waals surface area (Å²) in [6, 6.07) is 18.6. The van der Waals surface area contributed by atoms with E-state index in [1.54, 1.807) is 51.1 Å². The zero-order valence-corrected chi connectivity index (χ0v) is 23.2. The average molecular weight is 558 g/mol. The van der Waals surface area contributed by atoms with Crippen molar-refractivity contribution in [2.24, 2.45) is 0 Å². The van der Waals surface area contributed by atoms with Crippen LogP contribution in [0.3, 0.4) is 0 Å². The molecule has 0 saturated carbocycles. The van der Waals surface area contributed by atoms with Crippen molar-refractivity contribution >= 4 is 27.5 Å². The molecule has 0 aliphatic carbocycles. The van der Waals surface area contributed by atoms with Gasteiger partial charge in [-0.05, 0) is 50.6 Å². The number of benzene rings is 3. The molecule has 1 atom stereocenters. The summed E-state index contributed by atoms with van der Waals surface area (Å²) in [6.45, 7) is 4.38. The highest BCUT2D eigenvalue weighted by molar-refractivity contribution is 7.92. The molecule has 0 saturated heterocycles. The highest BCUT2D eigenvalue weighted by Crippen LogP contribution is 2.22. The van der Waals surface area contributed by atoms with Gasteiger partial charge >= 0.3 is 0 Å². The van der Waals surface area contributed by atoms with Gasteiger partial charge in [-0.25, -0.2) is 17.2 Å². The molecule has 3 aromatic rings. The molecule has 1 unspecified atom stereocenters. The van der Waals surface area contributed by atoms with Gasteiger partial charge in [0.1, 0.15) is 24.2 Å². The number of nitrogens with zero attached hydrogens (tertiary/aromatic N) is 2. The first-order valence-corrected chi connectivity index (χ1v) is 14.2. The molecule has 2 amide bonds. The van der Waals surface area contributed by atoms with Gasteiger partial charge in [-0.1, -0.05) is 54.6 Å². The summed E-state index contributed by atoms with van der Waals surface area (Å²) in [5.41, 5.74) is 0.224. The smallest absolute Gasteiger partial charge is 0.244 e. The Balaban J connectivity index is 2.09. The fraction of sp³-hybridized carbons (Fsp3) is 0.310. The van der Waals surface area contributed by atoms with E-state index in [9.17, 15) is 26.8 Å². The minimum atomic E-state index is -4.03. The van der Waals surface area contributed by atoms with Crippen LogP contribution in [0.2, 0.25) is 0 Å². The molecule has 39 heavy (non-hydrogen) atoms. The van der Waals surface area contributed by atoms with E-state index in [4.69, 9.17) is 0 Å². The molecule has 0 aliphatic heterocycles. The molecule has 3 rings (SSSR count). The van der Waals surface area contributed by atoms with Gasteiger partial charge < -0.3 is 10.2 Å². The normalized spacial score (nSPS) is 12.5. The molecule has 10 heteroatoms. The molecule has 0 radical (unpaired) electrons. The van der Waals surface area contributed by atoms with Gasteiger partial charge in [-0.2, -0.15) is 0 Å². The Morgan fingerprint density at radius 1 is 0.923 bits per heavy atom. The quantitative estimate of drug-likeness (QED) is 0.403. The third kappa shape index (κ3) is 8.61. The van der Waals surface area contributed by atoms with E-state index in [1.165, 1.54) is 35.2 Å². The first-order chi connectivity index (χ1) is 18.2. The highest BCUT2D eigenvalue weighted by Gasteiger charge is 2.34. The number of halogens is 2. The minimum absolute atomic E-state index is 0.0459. The Bertz CT molecular complexity index is 1410. The van der Waals surface area contributed by atoms with Crippen LogP contribution in [0.15, 0.2) is 78.9 Å². The van der Waals surface area contributed by atoms with Crippen molar-refractivity contribution in [1.82, 2.24) is 10.2 Å². The third-order valence-electron chi connectivity index (χ3n) is 5.84. The standard InChI is InChI=1S/C29H33F2N3O4S/c1-29(2,3)32-28(36)26(17-21-11-6-5-7-12-21)33(19-22-13-8-9-16-25(22)31)27(35)20-34(39(4,37)38)24-15-10-14-23(30)18-24/h5-16,18,26H,17,19-20H2,1-4H3,(H,32,36). The fourth-order valence-corrected chi connectivity index (χ4v) is 4.90. The maximum atomic E-state index is 14.8. The van der Waals surface area contributed by atoms with Crippen LogP contribution < -0.4 is 9.62 Å². The number of hydrogen-bond acceptors (Lipinski definition) is 4. The van der Waals surface area contributed by atoms with Crippen LogP contribution in [0.25, 0.3) is 0 Å². The van der Waals surface area contributed by atoms with Crippen LogP contribution in [-0.4, -0.2) is 49.5 Å². The zero-order chi connectivity index (χ0) is 28.8. The number of anilines is 1. The lowest BCUT2D eigenvalue weighted by molar-refractivity contribution is -0.140. The maximum absolute atomic E-state index is 14.8. The van der Waals surface area contributed by atoms with E-state index in [1.807, 2.05) is 6.07 Å². The van der Waals surface area contributed by atoms with E-state index in [-0.39, 0.29) is 24.2 Å². The first-order valence-electron chi connectivity index (χ1n) is 12.4. The maximum Gasteiger partial charge on any atom is 0.244 e. The minimum Gasteiger partial charge on any atom is -0.350 e. The Morgan fingerprint density at radius 3 is 2.15 bits per heavy atom. The molecular weight excluding hydrogens is 524 g/mol. The number of sulfonamides is 1. The van der Waals surface area contributed by atoms with Gasteiger partial charge in [0.2, 0.25) is 21.8 Å². The van der Waals surface area contributed by atoms with Gasteiger partial charge in [-0.15, -0.1) is 0 Å². The summed E-state index contributed by atoms with van der Waals surface area (Å²) >= 11 is 0. The average Bonchev–Trinajstić information content (AvgIpc) is 2.84. The van der Waals surface area contributed by atoms with E-state index >= 15 is 0 Å². The summed E-state index contributed by atoms with van der Waals surface area (Å²) in [6.07, 6.45) is 1.00. The second-order valence-corrected chi connectivity index (χ2v) is 12.2. The molecule has 0 bridgehead atoms. The molecular formula is C29H33F2N3O4S. The van der Waals surface area contributed by atoms with Crippen LogP contribution >= 0.6 is 0 Å². The van der Waals surface area contributed by atoms with Crippen LogP contribution in [-0.2, 0) is 32.6 Å². The van der Waals surface area contributed by atoms with Crippen molar-refractivity contribution < 1.29 is 26.8 Å². The van der Waals surface area contributed by atoms with Crippen LogP contribution in [0.4, 0.5) is 14.5 Å². The van der Waals surface area contributed by atoms with Crippen LogP contribution in [0, 0.1) is 11.6 Å². The van der Waals surface area contributed by atoms with Crippen molar-refractivity contribution in [3.63, 3.8) is 0 Å². The molecule has 0 aromatic heterocycles. The Labute approximate surface area is 228 Å². The molecule has 0 heterocycles. The molecule has 1 N–H and O–H groups in total. The number of rotatable bonds is 10. The molecule has 7 nitrogen and oxygen atoms in total. The van der Waals surface area contributed by atoms with E-state index < -0.39 is 51.6 Å². The second kappa shape index (κ2) is 12.4. The number of carbonyl (C=O) groups is 2. The fourth-order valence-electron chi connectivity index (χ4n) is 4.06. The molecule has 0 aliphatic rings. The van der Waals surface area contributed by atoms with Crippen molar-refractivity contribution in [3.05, 3.63) is 102 Å². The van der Waals surface area contributed by atoms with Gasteiger partial charge in [0.05, 0.1) is 11.9 Å². The van der Waals surface area contributed by atoms with E-state index in [2.05, 4.69) is 5.32 Å². The largest absolute Gasteiger partial charge is 0.350 e. The van der Waals surface area contributed by atoms with Crippen molar-refractivity contribution in [2.75, 3.05) is 17.1 Å². The molecule has 0 spiro atoms. The van der Waals surface area contributed by atoms with Crippen molar-refractivity contribution in [3.8, 4) is 0 Å². The second-order valence-electron chi connectivity index (χ2n) is 10.3. The van der Waals surface area contributed by atoms with Gasteiger partial charge in [0, 0.05) is 24.1 Å². The lowest BCUT2D eigenvalue weighted by Gasteiger charge is -2.35. The number of nitrogens with one attached hydrogen (secondary N) is 1. The van der Waals surface area contributed by atoms with Gasteiger partial charge in [-0.3, -0.25) is 13.9 Å². The summed E-state index contributed by atoms with van der Waals surface area (Å²) in [7, 11) is -4.03. The molecule has 0 fully saturated rings. The predicted octanol–water partition coefficient (Wildman–Crippen LogP) is 4.29. The van der Waals surface area contributed by atoms with Crippen LogP contribution in [0.5, 0.6) is 0 Å². The highest BCUT2D eigenvalue weighted by atomic mass is 32.2. The summed E-state index contributed by atoms with van der Waals surface area (Å²) < 4.78 is 54.9.